The molecule has 2 aromatic carbocycles. The van der Waals surface area contributed by atoms with Gasteiger partial charge in [-0.2, -0.15) is 0 Å². The quantitative estimate of drug-likeness (QED) is 0.698. The second-order valence-electron chi connectivity index (χ2n) is 7.38. The van der Waals surface area contributed by atoms with Crippen LogP contribution in [-0.4, -0.2) is 48.9 Å². The minimum absolute atomic E-state index is 0.150. The Bertz CT molecular complexity index is 976. The minimum Gasteiger partial charge on any atom is -0.486 e. The van der Waals surface area contributed by atoms with Crippen molar-refractivity contribution in [1.29, 1.82) is 0 Å². The molecular weight excluding hydrogens is 390 g/mol. The van der Waals surface area contributed by atoms with Crippen molar-refractivity contribution >= 4 is 11.9 Å². The van der Waals surface area contributed by atoms with Gasteiger partial charge < -0.3 is 28.6 Å². The molecule has 0 radical (unpaired) electrons. The van der Waals surface area contributed by atoms with Crippen LogP contribution in [-0.2, 0) is 20.9 Å². The van der Waals surface area contributed by atoms with E-state index in [4.69, 9.17) is 23.7 Å². The summed E-state index contributed by atoms with van der Waals surface area (Å²) in [5.41, 5.74) is 0.819. The summed E-state index contributed by atoms with van der Waals surface area (Å²) in [4.78, 5) is 26.4. The van der Waals surface area contributed by atoms with Crippen molar-refractivity contribution in [3.63, 3.8) is 0 Å². The van der Waals surface area contributed by atoms with Gasteiger partial charge in [0.25, 0.3) is 5.91 Å². The molecule has 0 saturated carbocycles. The molecule has 0 spiro atoms. The highest BCUT2D eigenvalue weighted by Gasteiger charge is 2.36. The number of benzene rings is 2. The number of cyclic esters (lactones) is 1. The van der Waals surface area contributed by atoms with E-state index in [2.05, 4.69) is 0 Å². The van der Waals surface area contributed by atoms with Gasteiger partial charge in [-0.1, -0.05) is 24.3 Å². The summed E-state index contributed by atoms with van der Waals surface area (Å²) < 4.78 is 28.1. The van der Waals surface area contributed by atoms with Gasteiger partial charge in [-0.05, 0) is 18.2 Å². The molecule has 1 fully saturated rings. The van der Waals surface area contributed by atoms with Crippen molar-refractivity contribution in [2.45, 2.75) is 31.6 Å². The standard InChI is InChI=1S/C22H21NO7/c24-20-9-8-19(30-20)22(25)23(10-14-4-3-7-18-21(14)28-13-27-18)11-15-12-26-16-5-1-2-6-17(16)29-15/h1-7,15,19H,8-13H2/t15-,19+/m0/s1. The number of hydrogen-bond acceptors (Lipinski definition) is 7. The van der Waals surface area contributed by atoms with Crippen LogP contribution in [0.3, 0.4) is 0 Å². The molecule has 3 aliphatic heterocycles. The van der Waals surface area contributed by atoms with Crippen molar-refractivity contribution in [3.8, 4) is 23.0 Å². The van der Waals surface area contributed by atoms with E-state index in [1.54, 1.807) is 4.90 Å². The molecule has 2 atom stereocenters. The molecule has 5 rings (SSSR count). The van der Waals surface area contributed by atoms with Crippen LogP contribution in [0.5, 0.6) is 23.0 Å². The lowest BCUT2D eigenvalue weighted by Gasteiger charge is -2.32. The number of ether oxygens (including phenoxy) is 5. The van der Waals surface area contributed by atoms with E-state index in [0.29, 0.717) is 36.0 Å². The Morgan fingerprint density at radius 2 is 1.80 bits per heavy atom. The lowest BCUT2D eigenvalue weighted by molar-refractivity contribution is -0.154. The molecule has 0 bridgehead atoms. The van der Waals surface area contributed by atoms with E-state index in [1.807, 2.05) is 42.5 Å². The van der Waals surface area contributed by atoms with Gasteiger partial charge in [-0.15, -0.1) is 0 Å². The fraction of sp³-hybridized carbons (Fsp3) is 0.364. The van der Waals surface area contributed by atoms with Crippen LogP contribution in [0.4, 0.5) is 0 Å². The number of nitrogens with zero attached hydrogens (tertiary/aromatic N) is 1. The average molecular weight is 411 g/mol. The molecule has 3 aliphatic rings. The summed E-state index contributed by atoms with van der Waals surface area (Å²) in [5.74, 6) is 2.01. The van der Waals surface area contributed by atoms with Crippen molar-refractivity contribution in [3.05, 3.63) is 48.0 Å². The molecule has 0 aliphatic carbocycles. The Kier molecular flexibility index (Phi) is 4.82. The highest BCUT2D eigenvalue weighted by atomic mass is 16.7. The van der Waals surface area contributed by atoms with Crippen LogP contribution in [0.25, 0.3) is 0 Å². The van der Waals surface area contributed by atoms with Crippen LogP contribution in [0, 0.1) is 0 Å². The maximum absolute atomic E-state index is 13.2. The molecule has 0 unspecified atom stereocenters. The number of carbonyl (C=O) groups excluding carboxylic acids is 2. The van der Waals surface area contributed by atoms with Gasteiger partial charge in [-0.3, -0.25) is 9.59 Å². The van der Waals surface area contributed by atoms with Crippen LogP contribution < -0.4 is 18.9 Å². The zero-order chi connectivity index (χ0) is 20.5. The molecule has 30 heavy (non-hydrogen) atoms. The van der Waals surface area contributed by atoms with Gasteiger partial charge in [0.2, 0.25) is 6.79 Å². The third-order valence-corrected chi connectivity index (χ3v) is 5.30. The number of hydrogen-bond donors (Lipinski definition) is 0. The first-order chi connectivity index (χ1) is 14.7. The second kappa shape index (κ2) is 7.78. The molecule has 1 amide bonds. The van der Waals surface area contributed by atoms with E-state index >= 15 is 0 Å². The second-order valence-corrected chi connectivity index (χ2v) is 7.38. The predicted octanol–water partition coefficient (Wildman–Crippen LogP) is 2.29. The van der Waals surface area contributed by atoms with E-state index in [-0.39, 0.29) is 44.3 Å². The zero-order valence-electron chi connectivity index (χ0n) is 16.2. The van der Waals surface area contributed by atoms with Crippen LogP contribution in [0.1, 0.15) is 18.4 Å². The molecule has 2 aromatic rings. The van der Waals surface area contributed by atoms with E-state index in [0.717, 1.165) is 5.56 Å². The van der Waals surface area contributed by atoms with Crippen molar-refractivity contribution in [2.75, 3.05) is 19.9 Å². The third-order valence-electron chi connectivity index (χ3n) is 5.30. The number of rotatable bonds is 5. The summed E-state index contributed by atoms with van der Waals surface area (Å²) >= 11 is 0. The number of carbonyl (C=O) groups is 2. The maximum atomic E-state index is 13.2. The fourth-order valence-corrected chi connectivity index (χ4v) is 3.86. The van der Waals surface area contributed by atoms with E-state index in [9.17, 15) is 9.59 Å². The summed E-state index contributed by atoms with van der Waals surface area (Å²) in [6, 6.07) is 13.0. The highest BCUT2D eigenvalue weighted by molar-refractivity contribution is 5.86. The normalized spacial score (nSPS) is 21.3. The maximum Gasteiger partial charge on any atom is 0.306 e. The minimum atomic E-state index is -0.775. The number of esters is 1. The molecule has 0 N–H and O–H groups in total. The Balaban J connectivity index is 1.37. The van der Waals surface area contributed by atoms with Crippen molar-refractivity contribution < 1.29 is 33.3 Å². The lowest BCUT2D eigenvalue weighted by Crippen LogP contribution is -2.46. The van der Waals surface area contributed by atoms with E-state index < -0.39 is 6.10 Å². The molecule has 8 heteroatoms. The molecule has 1 saturated heterocycles. The zero-order valence-corrected chi connectivity index (χ0v) is 16.2. The smallest absolute Gasteiger partial charge is 0.306 e. The Labute approximate surface area is 173 Å². The van der Waals surface area contributed by atoms with Gasteiger partial charge in [0.05, 0.1) is 6.54 Å². The SMILES string of the molecule is O=C1CC[C@H](C(=O)N(Cc2cccc3c2OCO3)C[C@H]2COc3ccccc3O2)O1. The van der Waals surface area contributed by atoms with Crippen LogP contribution in [0.2, 0.25) is 0 Å². The van der Waals surface area contributed by atoms with Gasteiger partial charge in [0.1, 0.15) is 6.61 Å². The topological polar surface area (TPSA) is 83.5 Å². The van der Waals surface area contributed by atoms with Crippen LogP contribution >= 0.6 is 0 Å². The fourth-order valence-electron chi connectivity index (χ4n) is 3.86. The highest BCUT2D eigenvalue weighted by Crippen LogP contribution is 2.36. The van der Waals surface area contributed by atoms with Crippen molar-refractivity contribution in [2.24, 2.45) is 0 Å². The molecule has 3 heterocycles. The molecule has 8 nitrogen and oxygen atoms in total. The first kappa shape index (κ1) is 18.6. The predicted molar refractivity (Wildman–Crippen MR) is 103 cm³/mol. The summed E-state index contributed by atoms with van der Waals surface area (Å²) in [7, 11) is 0. The Morgan fingerprint density at radius 1 is 0.967 bits per heavy atom. The van der Waals surface area contributed by atoms with Crippen LogP contribution in [0.15, 0.2) is 42.5 Å². The molecular formula is C22H21NO7. The van der Waals surface area contributed by atoms with Gasteiger partial charge in [0.15, 0.2) is 35.2 Å². The lowest BCUT2D eigenvalue weighted by atomic mass is 10.1. The first-order valence-corrected chi connectivity index (χ1v) is 9.91. The van der Waals surface area contributed by atoms with Gasteiger partial charge in [0, 0.05) is 24.9 Å². The molecule has 156 valence electrons. The Hall–Kier alpha value is -3.42. The summed E-state index contributed by atoms with van der Waals surface area (Å²) in [5, 5.41) is 0. The number of fused-ring (bicyclic) bond motifs is 2. The first-order valence-electron chi connectivity index (χ1n) is 9.91. The number of amides is 1. The monoisotopic (exact) mass is 411 g/mol. The van der Waals surface area contributed by atoms with Gasteiger partial charge in [-0.25, -0.2) is 0 Å². The Morgan fingerprint density at radius 3 is 2.63 bits per heavy atom. The average Bonchev–Trinajstić information content (AvgIpc) is 3.42. The third kappa shape index (κ3) is 3.60. The summed E-state index contributed by atoms with van der Waals surface area (Å²) in [6.07, 6.45) is -0.498. The summed E-state index contributed by atoms with van der Waals surface area (Å²) in [6.45, 7) is 1.03. The van der Waals surface area contributed by atoms with Crippen molar-refractivity contribution in [1.82, 2.24) is 4.90 Å². The number of para-hydroxylation sites is 3. The van der Waals surface area contributed by atoms with Gasteiger partial charge >= 0.3 is 5.97 Å². The van der Waals surface area contributed by atoms with E-state index in [1.165, 1.54) is 0 Å². The molecule has 0 aromatic heterocycles. The largest absolute Gasteiger partial charge is 0.486 e.